The zero-order valence-corrected chi connectivity index (χ0v) is 8.93. The molecule has 98 valence electrons. The van der Waals surface area contributed by atoms with Gasteiger partial charge in [-0.15, -0.1) is 0 Å². The number of carbonyl (C=O) groups excluding carboxylic acids is 2. The molecule has 0 unspecified atom stereocenters. The number of ether oxygens (including phenoxy) is 2. The highest BCUT2D eigenvalue weighted by Gasteiger charge is 2.26. The molecule has 0 N–H and O–H groups in total. The van der Waals surface area contributed by atoms with E-state index in [0.29, 0.717) is 0 Å². The summed E-state index contributed by atoms with van der Waals surface area (Å²) in [6.45, 7) is 1.19. The monoisotopic (exact) mass is 266 g/mol. The van der Waals surface area contributed by atoms with Gasteiger partial charge in [-0.1, -0.05) is 0 Å². The predicted octanol–water partition coefficient (Wildman–Crippen LogP) is 1.71. The van der Waals surface area contributed by atoms with Crippen molar-refractivity contribution in [2.45, 2.75) is 6.92 Å². The van der Waals surface area contributed by atoms with Gasteiger partial charge in [0.25, 0.3) is 0 Å². The van der Waals surface area contributed by atoms with Crippen molar-refractivity contribution in [3.63, 3.8) is 0 Å². The van der Waals surface area contributed by atoms with E-state index in [1.807, 2.05) is 0 Å². The van der Waals surface area contributed by atoms with Gasteiger partial charge in [0, 0.05) is 6.07 Å². The number of carbonyl (C=O) groups is 2. The number of halogens is 4. The minimum absolute atomic E-state index is 0.0631. The summed E-state index contributed by atoms with van der Waals surface area (Å²) in [5, 5.41) is 0. The van der Waals surface area contributed by atoms with Crippen molar-refractivity contribution in [1.82, 2.24) is 0 Å². The van der Waals surface area contributed by atoms with E-state index in [0.717, 1.165) is 0 Å². The smallest absolute Gasteiger partial charge is 0.423 e. The van der Waals surface area contributed by atoms with Crippen LogP contribution in [0.25, 0.3) is 0 Å². The second-order valence-corrected chi connectivity index (χ2v) is 2.91. The molecule has 0 aromatic heterocycles. The highest BCUT2D eigenvalue weighted by Crippen LogP contribution is 2.26. The zero-order valence-electron chi connectivity index (χ0n) is 8.93. The summed E-state index contributed by atoms with van der Waals surface area (Å²) < 4.78 is 59.6. The van der Waals surface area contributed by atoms with Crippen LogP contribution in [-0.2, 0) is 14.3 Å². The molecule has 0 amide bonds. The molecule has 1 aromatic rings. The van der Waals surface area contributed by atoms with Crippen LogP contribution in [0.15, 0.2) is 6.07 Å². The molecule has 0 bridgehead atoms. The Morgan fingerprint density at radius 1 is 1.06 bits per heavy atom. The minimum Gasteiger partial charge on any atom is -0.458 e. The third-order valence-electron chi connectivity index (χ3n) is 1.71. The van der Waals surface area contributed by atoms with Crippen LogP contribution in [0.2, 0.25) is 0 Å². The fourth-order valence-electron chi connectivity index (χ4n) is 0.965. The Kier molecular flexibility index (Phi) is 4.24. The predicted molar refractivity (Wildman–Crippen MR) is 48.5 cm³/mol. The lowest BCUT2D eigenvalue weighted by atomic mass is 10.3. The van der Waals surface area contributed by atoms with Gasteiger partial charge < -0.3 is 9.47 Å². The van der Waals surface area contributed by atoms with Gasteiger partial charge in [0.2, 0.25) is 17.4 Å². The van der Waals surface area contributed by atoms with Crippen LogP contribution in [0.3, 0.4) is 0 Å². The Balaban J connectivity index is 3.05. The first-order chi connectivity index (χ1) is 8.38. The van der Waals surface area contributed by atoms with Crippen LogP contribution < -0.4 is 4.74 Å². The molecule has 0 heterocycles. The molecular formula is C10H6F4O4. The fourth-order valence-corrected chi connectivity index (χ4v) is 0.965. The van der Waals surface area contributed by atoms with E-state index < -0.39 is 41.0 Å². The molecule has 18 heavy (non-hydrogen) atoms. The van der Waals surface area contributed by atoms with Gasteiger partial charge in [-0.05, 0) is 6.92 Å². The van der Waals surface area contributed by atoms with Crippen LogP contribution >= 0.6 is 0 Å². The lowest BCUT2D eigenvalue weighted by molar-refractivity contribution is -0.162. The van der Waals surface area contributed by atoms with Crippen molar-refractivity contribution in [3.05, 3.63) is 29.3 Å². The molecule has 1 rings (SSSR count). The fraction of sp³-hybridized carbons (Fsp3) is 0.200. The van der Waals surface area contributed by atoms with Crippen molar-refractivity contribution >= 4 is 11.9 Å². The summed E-state index contributed by atoms with van der Waals surface area (Å²) in [6.07, 6.45) is 0. The summed E-state index contributed by atoms with van der Waals surface area (Å²) in [5.74, 6) is -12.3. The van der Waals surface area contributed by atoms with Crippen molar-refractivity contribution in [2.24, 2.45) is 0 Å². The third-order valence-corrected chi connectivity index (χ3v) is 1.71. The van der Waals surface area contributed by atoms with Gasteiger partial charge in [0.1, 0.15) is 0 Å². The number of benzene rings is 1. The lowest BCUT2D eigenvalue weighted by Crippen LogP contribution is -2.24. The summed E-state index contributed by atoms with van der Waals surface area (Å²) in [6, 6.07) is -0.0631. The van der Waals surface area contributed by atoms with E-state index in [1.165, 1.54) is 6.92 Å². The van der Waals surface area contributed by atoms with Gasteiger partial charge >= 0.3 is 11.9 Å². The molecule has 0 saturated heterocycles. The van der Waals surface area contributed by atoms with Crippen LogP contribution in [0, 0.1) is 23.3 Å². The molecule has 0 aliphatic carbocycles. The van der Waals surface area contributed by atoms with Crippen LogP contribution in [0.1, 0.15) is 6.92 Å². The first-order valence-corrected chi connectivity index (χ1v) is 4.60. The van der Waals surface area contributed by atoms with Crippen LogP contribution in [0.5, 0.6) is 5.75 Å². The average molecular weight is 266 g/mol. The zero-order chi connectivity index (χ0) is 13.9. The lowest BCUT2D eigenvalue weighted by Gasteiger charge is -2.07. The topological polar surface area (TPSA) is 52.6 Å². The van der Waals surface area contributed by atoms with Crippen molar-refractivity contribution in [3.8, 4) is 5.75 Å². The SMILES string of the molecule is CCOC(=O)C(=O)Oc1c(F)c(F)cc(F)c1F. The molecular weight excluding hydrogens is 260 g/mol. The molecule has 0 radical (unpaired) electrons. The van der Waals surface area contributed by atoms with Gasteiger partial charge in [-0.2, -0.15) is 8.78 Å². The first kappa shape index (κ1) is 13.9. The highest BCUT2D eigenvalue weighted by atomic mass is 19.2. The summed E-state index contributed by atoms with van der Waals surface area (Å²) in [7, 11) is 0. The van der Waals surface area contributed by atoms with E-state index in [4.69, 9.17) is 0 Å². The molecule has 8 heteroatoms. The molecule has 0 fully saturated rings. The van der Waals surface area contributed by atoms with E-state index in [-0.39, 0.29) is 12.7 Å². The number of rotatable bonds is 2. The molecule has 4 nitrogen and oxygen atoms in total. The van der Waals surface area contributed by atoms with E-state index in [2.05, 4.69) is 9.47 Å². The molecule has 1 aromatic carbocycles. The Hall–Kier alpha value is -2.12. The Labute approximate surface area is 98.1 Å². The first-order valence-electron chi connectivity index (χ1n) is 4.60. The van der Waals surface area contributed by atoms with Crippen molar-refractivity contribution < 1.29 is 36.6 Å². The summed E-state index contributed by atoms with van der Waals surface area (Å²) in [4.78, 5) is 21.8. The molecule has 0 saturated carbocycles. The third kappa shape index (κ3) is 2.76. The minimum atomic E-state index is -1.92. The van der Waals surface area contributed by atoms with Crippen LogP contribution in [0.4, 0.5) is 17.6 Å². The quantitative estimate of drug-likeness (QED) is 0.269. The Bertz CT molecular complexity index is 475. The molecule has 0 aliphatic rings. The average Bonchev–Trinajstić information content (AvgIpc) is 2.32. The Morgan fingerprint density at radius 3 is 2.00 bits per heavy atom. The van der Waals surface area contributed by atoms with Crippen LogP contribution in [-0.4, -0.2) is 18.5 Å². The molecule has 0 spiro atoms. The number of hydrogen-bond acceptors (Lipinski definition) is 4. The van der Waals surface area contributed by atoms with Crippen molar-refractivity contribution in [2.75, 3.05) is 6.61 Å². The van der Waals surface area contributed by atoms with Gasteiger partial charge in [0.15, 0.2) is 11.6 Å². The standard InChI is InChI=1S/C10H6F4O4/c1-2-17-9(15)10(16)18-8-6(13)4(11)3-5(12)7(8)14/h3H,2H2,1H3. The number of hydrogen-bond donors (Lipinski definition) is 0. The van der Waals surface area contributed by atoms with Gasteiger partial charge in [-0.25, -0.2) is 18.4 Å². The van der Waals surface area contributed by atoms with Crippen molar-refractivity contribution in [1.29, 1.82) is 0 Å². The molecule has 0 aliphatic heterocycles. The largest absolute Gasteiger partial charge is 0.458 e. The van der Waals surface area contributed by atoms with E-state index >= 15 is 0 Å². The Morgan fingerprint density at radius 2 is 1.56 bits per heavy atom. The second-order valence-electron chi connectivity index (χ2n) is 2.91. The van der Waals surface area contributed by atoms with Gasteiger partial charge in [0.05, 0.1) is 6.61 Å². The molecule has 0 atom stereocenters. The maximum absolute atomic E-state index is 13.0. The number of esters is 2. The second kappa shape index (κ2) is 5.48. The summed E-state index contributed by atoms with van der Waals surface area (Å²) >= 11 is 0. The maximum Gasteiger partial charge on any atom is 0.423 e. The van der Waals surface area contributed by atoms with E-state index in [9.17, 15) is 27.2 Å². The highest BCUT2D eigenvalue weighted by molar-refractivity contribution is 6.30. The normalized spacial score (nSPS) is 10.1. The van der Waals surface area contributed by atoms with Gasteiger partial charge in [-0.3, -0.25) is 0 Å². The summed E-state index contributed by atoms with van der Waals surface area (Å²) in [5.41, 5.74) is 0. The van der Waals surface area contributed by atoms with E-state index in [1.54, 1.807) is 0 Å². The maximum atomic E-state index is 13.0.